The zero-order valence-electron chi connectivity index (χ0n) is 9.22. The predicted molar refractivity (Wildman–Crippen MR) is 68.8 cm³/mol. The lowest BCUT2D eigenvalue weighted by atomic mass is 10.1. The summed E-state index contributed by atoms with van der Waals surface area (Å²) in [6, 6.07) is 9.94. The number of pyridine rings is 1. The average molecular weight is 210 g/mol. The number of aromatic nitrogens is 1. The molecule has 0 saturated heterocycles. The normalized spacial score (nSPS) is 10.8. The zero-order chi connectivity index (χ0) is 11.4. The van der Waals surface area contributed by atoms with Gasteiger partial charge in [0.05, 0.1) is 0 Å². The van der Waals surface area contributed by atoms with Crippen molar-refractivity contribution >= 4 is 17.8 Å². The Morgan fingerprint density at radius 2 is 1.81 bits per heavy atom. The maximum atomic E-state index is 5.89. The predicted octanol–water partition coefficient (Wildman–Crippen LogP) is 3.14. The van der Waals surface area contributed by atoms with Gasteiger partial charge in [0.25, 0.3) is 0 Å². The van der Waals surface area contributed by atoms with E-state index in [1.54, 1.807) is 12.4 Å². The molecule has 0 fully saturated rings. The fraction of sp³-hybridized carbons (Fsp3) is 0.0714. The maximum absolute atomic E-state index is 5.89. The Labute approximate surface area is 95.5 Å². The van der Waals surface area contributed by atoms with Crippen LogP contribution in [0.3, 0.4) is 0 Å². The molecule has 2 heteroatoms. The Hall–Kier alpha value is -2.09. The first-order chi connectivity index (χ1) is 7.75. The van der Waals surface area contributed by atoms with Crippen LogP contribution in [0.5, 0.6) is 0 Å². The van der Waals surface area contributed by atoms with Crippen LogP contribution in [-0.4, -0.2) is 4.98 Å². The van der Waals surface area contributed by atoms with Crippen LogP contribution >= 0.6 is 0 Å². The van der Waals surface area contributed by atoms with E-state index in [1.807, 2.05) is 36.4 Å². The molecule has 80 valence electrons. The monoisotopic (exact) mass is 210 g/mol. The molecule has 2 nitrogen and oxygen atoms in total. The first kappa shape index (κ1) is 10.4. The van der Waals surface area contributed by atoms with Crippen molar-refractivity contribution in [2.45, 2.75) is 6.92 Å². The second-order valence-electron chi connectivity index (χ2n) is 3.75. The largest absolute Gasteiger partial charge is 0.398 e. The van der Waals surface area contributed by atoms with Crippen LogP contribution in [0.1, 0.15) is 16.7 Å². The molecule has 2 aromatic rings. The molecular formula is C14H14N2. The number of nitrogens with two attached hydrogens (primary N) is 1. The highest BCUT2D eigenvalue weighted by Crippen LogP contribution is 2.16. The van der Waals surface area contributed by atoms with E-state index in [1.165, 1.54) is 5.56 Å². The fourth-order valence-corrected chi connectivity index (χ4v) is 1.50. The second-order valence-corrected chi connectivity index (χ2v) is 3.75. The van der Waals surface area contributed by atoms with Crippen LogP contribution in [-0.2, 0) is 0 Å². The van der Waals surface area contributed by atoms with Crippen LogP contribution in [0.15, 0.2) is 42.7 Å². The van der Waals surface area contributed by atoms with Crippen molar-refractivity contribution in [2.24, 2.45) is 0 Å². The van der Waals surface area contributed by atoms with Crippen molar-refractivity contribution < 1.29 is 0 Å². The van der Waals surface area contributed by atoms with Gasteiger partial charge in [0.2, 0.25) is 0 Å². The van der Waals surface area contributed by atoms with E-state index in [0.717, 1.165) is 16.8 Å². The van der Waals surface area contributed by atoms with E-state index in [2.05, 4.69) is 18.0 Å². The van der Waals surface area contributed by atoms with E-state index in [-0.39, 0.29) is 0 Å². The van der Waals surface area contributed by atoms with Crippen molar-refractivity contribution in [3.05, 3.63) is 59.4 Å². The molecule has 2 N–H and O–H groups in total. The SMILES string of the molecule is Cc1ccc(N)c(/C=C/c2ccncc2)c1. The third-order valence-corrected chi connectivity index (χ3v) is 2.40. The third kappa shape index (κ3) is 2.48. The van der Waals surface area contributed by atoms with Gasteiger partial charge in [-0.15, -0.1) is 0 Å². The lowest BCUT2D eigenvalue weighted by molar-refractivity contribution is 1.32. The van der Waals surface area contributed by atoms with Crippen LogP contribution in [0, 0.1) is 6.92 Å². The fourth-order valence-electron chi connectivity index (χ4n) is 1.50. The molecule has 0 aliphatic heterocycles. The zero-order valence-corrected chi connectivity index (χ0v) is 9.22. The number of rotatable bonds is 2. The molecule has 0 unspecified atom stereocenters. The topological polar surface area (TPSA) is 38.9 Å². The van der Waals surface area contributed by atoms with Crippen molar-refractivity contribution in [2.75, 3.05) is 5.73 Å². The summed E-state index contributed by atoms with van der Waals surface area (Å²) in [5.41, 5.74) is 10.1. The summed E-state index contributed by atoms with van der Waals surface area (Å²) < 4.78 is 0. The van der Waals surface area contributed by atoms with Gasteiger partial charge in [-0.1, -0.05) is 23.8 Å². The van der Waals surface area contributed by atoms with E-state index < -0.39 is 0 Å². The Morgan fingerprint density at radius 1 is 1.06 bits per heavy atom. The number of hydrogen-bond acceptors (Lipinski definition) is 2. The summed E-state index contributed by atoms with van der Waals surface area (Å²) >= 11 is 0. The average Bonchev–Trinajstić information content (AvgIpc) is 2.32. The van der Waals surface area contributed by atoms with Crippen molar-refractivity contribution in [1.82, 2.24) is 4.98 Å². The summed E-state index contributed by atoms with van der Waals surface area (Å²) in [7, 11) is 0. The van der Waals surface area contributed by atoms with Gasteiger partial charge in [-0.2, -0.15) is 0 Å². The highest BCUT2D eigenvalue weighted by atomic mass is 14.6. The van der Waals surface area contributed by atoms with Crippen LogP contribution in [0.4, 0.5) is 5.69 Å². The lowest BCUT2D eigenvalue weighted by Gasteiger charge is -2.01. The molecule has 2 rings (SSSR count). The number of anilines is 1. The highest BCUT2D eigenvalue weighted by molar-refractivity contribution is 5.75. The number of aryl methyl sites for hydroxylation is 1. The molecule has 0 atom stereocenters. The van der Waals surface area contributed by atoms with Gasteiger partial charge < -0.3 is 5.73 Å². The van der Waals surface area contributed by atoms with Crippen molar-refractivity contribution in [3.8, 4) is 0 Å². The minimum absolute atomic E-state index is 0.802. The van der Waals surface area contributed by atoms with E-state index >= 15 is 0 Å². The Balaban J connectivity index is 2.27. The minimum Gasteiger partial charge on any atom is -0.398 e. The molecule has 1 aromatic carbocycles. The quantitative estimate of drug-likeness (QED) is 0.773. The molecule has 0 radical (unpaired) electrons. The summed E-state index contributed by atoms with van der Waals surface area (Å²) in [5.74, 6) is 0. The third-order valence-electron chi connectivity index (χ3n) is 2.40. The van der Waals surface area contributed by atoms with E-state index in [9.17, 15) is 0 Å². The number of benzene rings is 1. The molecular weight excluding hydrogens is 196 g/mol. The van der Waals surface area contributed by atoms with Crippen molar-refractivity contribution in [3.63, 3.8) is 0 Å². The molecule has 0 aliphatic carbocycles. The molecule has 0 bridgehead atoms. The van der Waals surface area contributed by atoms with Crippen LogP contribution in [0.2, 0.25) is 0 Å². The number of nitrogen functional groups attached to an aromatic ring is 1. The summed E-state index contributed by atoms with van der Waals surface area (Å²) in [4.78, 5) is 3.97. The van der Waals surface area contributed by atoms with Gasteiger partial charge in [0.1, 0.15) is 0 Å². The van der Waals surface area contributed by atoms with Crippen LogP contribution < -0.4 is 5.73 Å². The molecule has 16 heavy (non-hydrogen) atoms. The number of nitrogens with zero attached hydrogens (tertiary/aromatic N) is 1. The van der Waals surface area contributed by atoms with Gasteiger partial charge in [-0.3, -0.25) is 4.98 Å². The van der Waals surface area contributed by atoms with E-state index in [4.69, 9.17) is 5.73 Å². The summed E-state index contributed by atoms with van der Waals surface area (Å²) in [6.45, 7) is 2.06. The van der Waals surface area contributed by atoms with Gasteiger partial charge in [0.15, 0.2) is 0 Å². The first-order valence-corrected chi connectivity index (χ1v) is 5.20. The van der Waals surface area contributed by atoms with Gasteiger partial charge in [-0.25, -0.2) is 0 Å². The van der Waals surface area contributed by atoms with Crippen LogP contribution in [0.25, 0.3) is 12.2 Å². The van der Waals surface area contributed by atoms with Gasteiger partial charge in [-0.05, 0) is 42.3 Å². The smallest absolute Gasteiger partial charge is 0.0387 e. The Morgan fingerprint density at radius 3 is 2.56 bits per heavy atom. The Kier molecular flexibility index (Phi) is 3.01. The lowest BCUT2D eigenvalue weighted by Crippen LogP contribution is -1.89. The molecule has 0 amide bonds. The van der Waals surface area contributed by atoms with Gasteiger partial charge in [0, 0.05) is 18.1 Å². The molecule has 1 heterocycles. The van der Waals surface area contributed by atoms with E-state index in [0.29, 0.717) is 0 Å². The van der Waals surface area contributed by atoms with Crippen molar-refractivity contribution in [1.29, 1.82) is 0 Å². The molecule has 1 aromatic heterocycles. The second kappa shape index (κ2) is 4.62. The summed E-state index contributed by atoms with van der Waals surface area (Å²) in [5, 5.41) is 0. The highest BCUT2D eigenvalue weighted by Gasteiger charge is 1.94. The summed E-state index contributed by atoms with van der Waals surface area (Å²) in [6.07, 6.45) is 7.61. The molecule has 0 saturated carbocycles. The van der Waals surface area contributed by atoms with Gasteiger partial charge >= 0.3 is 0 Å². The minimum atomic E-state index is 0.802. The maximum Gasteiger partial charge on any atom is 0.0387 e. The number of hydrogen-bond donors (Lipinski definition) is 1. The first-order valence-electron chi connectivity index (χ1n) is 5.20. The molecule has 0 spiro atoms. The standard InChI is InChI=1S/C14H14N2/c1-11-2-5-14(15)13(10-11)4-3-12-6-8-16-9-7-12/h2-10H,15H2,1H3/b4-3+. The Bertz CT molecular complexity index is 501. The molecule has 0 aliphatic rings.